The van der Waals surface area contributed by atoms with Gasteiger partial charge in [-0.2, -0.15) is 0 Å². The van der Waals surface area contributed by atoms with Crippen LogP contribution in [0.25, 0.3) is 0 Å². The zero-order valence-corrected chi connectivity index (χ0v) is 11.8. The van der Waals surface area contributed by atoms with Crippen molar-refractivity contribution in [1.29, 1.82) is 0 Å². The predicted octanol–water partition coefficient (Wildman–Crippen LogP) is 2.95. The molecule has 1 atom stereocenters. The van der Waals surface area contributed by atoms with Gasteiger partial charge in [0.05, 0.1) is 6.04 Å². The molecular weight excluding hydrogens is 250 g/mol. The Balaban J connectivity index is 1.87. The van der Waals surface area contributed by atoms with Crippen LogP contribution in [0, 0.1) is 6.92 Å². The first-order valence-electron chi connectivity index (χ1n) is 6.65. The van der Waals surface area contributed by atoms with Gasteiger partial charge in [0, 0.05) is 18.9 Å². The Morgan fingerprint density at radius 3 is 2.75 bits per heavy atom. The molecule has 2 amide bonds. The zero-order chi connectivity index (χ0) is 14.4. The number of carbonyl (C=O) groups excluding carboxylic acids is 1. The molecule has 0 bridgehead atoms. The molecule has 0 radical (unpaired) electrons. The number of rotatable bonds is 4. The topological polar surface area (TPSA) is 54.0 Å². The number of pyridine rings is 1. The first-order chi connectivity index (χ1) is 9.66. The normalized spacial score (nSPS) is 11.7. The highest BCUT2D eigenvalue weighted by Crippen LogP contribution is 2.16. The first-order valence-corrected chi connectivity index (χ1v) is 6.65. The van der Waals surface area contributed by atoms with Crippen LogP contribution in [0.15, 0.2) is 48.8 Å². The van der Waals surface area contributed by atoms with Crippen LogP contribution in [0.5, 0.6) is 0 Å². The SMILES string of the molecule is Cc1ccccc1[C@H](C)NC(=O)NCc1cccnc1. The van der Waals surface area contributed by atoms with Crippen LogP contribution < -0.4 is 10.6 Å². The second-order valence-electron chi connectivity index (χ2n) is 4.77. The van der Waals surface area contributed by atoms with Crippen LogP contribution in [0.4, 0.5) is 4.79 Å². The second kappa shape index (κ2) is 6.70. The quantitative estimate of drug-likeness (QED) is 0.896. The molecule has 4 heteroatoms. The van der Waals surface area contributed by atoms with Gasteiger partial charge < -0.3 is 10.6 Å². The van der Waals surface area contributed by atoms with Crippen LogP contribution >= 0.6 is 0 Å². The molecule has 1 aromatic carbocycles. The highest BCUT2D eigenvalue weighted by Gasteiger charge is 2.10. The lowest BCUT2D eigenvalue weighted by molar-refractivity contribution is 0.237. The van der Waals surface area contributed by atoms with Crippen molar-refractivity contribution in [2.75, 3.05) is 0 Å². The van der Waals surface area contributed by atoms with Gasteiger partial charge in [-0.25, -0.2) is 4.79 Å². The molecule has 0 unspecified atom stereocenters. The van der Waals surface area contributed by atoms with Crippen molar-refractivity contribution < 1.29 is 4.79 Å². The van der Waals surface area contributed by atoms with E-state index in [9.17, 15) is 4.79 Å². The van der Waals surface area contributed by atoms with Gasteiger partial charge in [0.15, 0.2) is 0 Å². The number of aromatic nitrogens is 1. The number of hydrogen-bond acceptors (Lipinski definition) is 2. The third-order valence-electron chi connectivity index (χ3n) is 3.18. The molecule has 0 aliphatic heterocycles. The van der Waals surface area contributed by atoms with Crippen LogP contribution in [0.2, 0.25) is 0 Å². The lowest BCUT2D eigenvalue weighted by Gasteiger charge is -2.17. The lowest BCUT2D eigenvalue weighted by atomic mass is 10.0. The molecule has 104 valence electrons. The predicted molar refractivity (Wildman–Crippen MR) is 79.2 cm³/mol. The summed E-state index contributed by atoms with van der Waals surface area (Å²) in [5.41, 5.74) is 3.28. The molecule has 1 aromatic heterocycles. The van der Waals surface area contributed by atoms with Crippen molar-refractivity contribution in [3.63, 3.8) is 0 Å². The fourth-order valence-electron chi connectivity index (χ4n) is 2.08. The number of urea groups is 1. The maximum atomic E-state index is 11.9. The fraction of sp³-hybridized carbons (Fsp3) is 0.250. The largest absolute Gasteiger partial charge is 0.334 e. The van der Waals surface area contributed by atoms with Gasteiger partial charge in [-0.05, 0) is 36.6 Å². The standard InChI is InChI=1S/C16H19N3O/c1-12-6-3-4-8-15(12)13(2)19-16(20)18-11-14-7-5-9-17-10-14/h3-10,13H,11H2,1-2H3,(H2,18,19,20)/t13-/m0/s1. The summed E-state index contributed by atoms with van der Waals surface area (Å²) in [6.07, 6.45) is 3.45. The van der Waals surface area contributed by atoms with Gasteiger partial charge in [0.2, 0.25) is 0 Å². The Bertz CT molecular complexity index is 569. The molecule has 2 rings (SSSR count). The lowest BCUT2D eigenvalue weighted by Crippen LogP contribution is -2.36. The third kappa shape index (κ3) is 3.82. The number of carbonyl (C=O) groups is 1. The molecule has 2 aromatic rings. The number of amides is 2. The third-order valence-corrected chi connectivity index (χ3v) is 3.18. The monoisotopic (exact) mass is 269 g/mol. The highest BCUT2D eigenvalue weighted by molar-refractivity contribution is 5.74. The minimum Gasteiger partial charge on any atom is -0.334 e. The average molecular weight is 269 g/mol. The first kappa shape index (κ1) is 14.1. The number of hydrogen-bond donors (Lipinski definition) is 2. The van der Waals surface area contributed by atoms with Crippen molar-refractivity contribution in [3.8, 4) is 0 Å². The van der Waals surface area contributed by atoms with E-state index in [4.69, 9.17) is 0 Å². The van der Waals surface area contributed by atoms with Crippen molar-refractivity contribution in [3.05, 3.63) is 65.5 Å². The average Bonchev–Trinajstić information content (AvgIpc) is 2.46. The van der Waals surface area contributed by atoms with Gasteiger partial charge in [0.1, 0.15) is 0 Å². The van der Waals surface area contributed by atoms with Crippen molar-refractivity contribution in [2.45, 2.75) is 26.4 Å². The Morgan fingerprint density at radius 2 is 2.05 bits per heavy atom. The van der Waals surface area contributed by atoms with Crippen LogP contribution in [0.3, 0.4) is 0 Å². The van der Waals surface area contributed by atoms with Gasteiger partial charge in [-0.1, -0.05) is 30.3 Å². The summed E-state index contributed by atoms with van der Waals surface area (Å²) in [6, 6.07) is 11.6. The van der Waals surface area contributed by atoms with E-state index in [1.165, 1.54) is 5.56 Å². The summed E-state index contributed by atoms with van der Waals surface area (Å²) in [4.78, 5) is 15.9. The summed E-state index contributed by atoms with van der Waals surface area (Å²) < 4.78 is 0. The molecule has 0 saturated heterocycles. The molecule has 1 heterocycles. The van der Waals surface area contributed by atoms with Gasteiger partial charge >= 0.3 is 6.03 Å². The number of nitrogens with one attached hydrogen (secondary N) is 2. The molecule has 2 N–H and O–H groups in total. The minimum absolute atomic E-state index is 0.0231. The molecule has 4 nitrogen and oxygen atoms in total. The molecule has 0 fully saturated rings. The number of benzene rings is 1. The highest BCUT2D eigenvalue weighted by atomic mass is 16.2. The van der Waals surface area contributed by atoms with E-state index in [-0.39, 0.29) is 12.1 Å². The smallest absolute Gasteiger partial charge is 0.315 e. The fourth-order valence-corrected chi connectivity index (χ4v) is 2.08. The van der Waals surface area contributed by atoms with E-state index in [0.29, 0.717) is 6.54 Å². The van der Waals surface area contributed by atoms with Crippen LogP contribution in [-0.2, 0) is 6.54 Å². The maximum Gasteiger partial charge on any atom is 0.315 e. The van der Waals surface area contributed by atoms with Crippen molar-refractivity contribution in [2.24, 2.45) is 0 Å². The number of aryl methyl sites for hydroxylation is 1. The molecule has 0 spiro atoms. The molecule has 0 aliphatic rings. The minimum atomic E-state index is -0.176. The van der Waals surface area contributed by atoms with E-state index in [1.807, 2.05) is 50.2 Å². The van der Waals surface area contributed by atoms with E-state index < -0.39 is 0 Å². The molecule has 20 heavy (non-hydrogen) atoms. The van der Waals surface area contributed by atoms with Crippen LogP contribution in [0.1, 0.15) is 29.7 Å². The van der Waals surface area contributed by atoms with Crippen LogP contribution in [-0.4, -0.2) is 11.0 Å². The van der Waals surface area contributed by atoms with Crippen molar-refractivity contribution in [1.82, 2.24) is 15.6 Å². The Morgan fingerprint density at radius 1 is 1.25 bits per heavy atom. The van der Waals surface area contributed by atoms with E-state index in [0.717, 1.165) is 11.1 Å². The Kier molecular flexibility index (Phi) is 4.71. The van der Waals surface area contributed by atoms with Gasteiger partial charge in [-0.3, -0.25) is 4.98 Å². The molecule has 0 saturated carbocycles. The number of nitrogens with zero attached hydrogens (tertiary/aromatic N) is 1. The Labute approximate surface area is 119 Å². The summed E-state index contributed by atoms with van der Waals surface area (Å²) in [5, 5.41) is 5.77. The van der Waals surface area contributed by atoms with E-state index in [1.54, 1.807) is 12.4 Å². The van der Waals surface area contributed by atoms with E-state index >= 15 is 0 Å². The van der Waals surface area contributed by atoms with Gasteiger partial charge in [-0.15, -0.1) is 0 Å². The molecular formula is C16H19N3O. The zero-order valence-electron chi connectivity index (χ0n) is 11.8. The van der Waals surface area contributed by atoms with Crippen molar-refractivity contribution >= 4 is 6.03 Å². The Hall–Kier alpha value is -2.36. The maximum absolute atomic E-state index is 11.9. The molecule has 0 aliphatic carbocycles. The van der Waals surface area contributed by atoms with Gasteiger partial charge in [0.25, 0.3) is 0 Å². The summed E-state index contributed by atoms with van der Waals surface area (Å²) in [7, 11) is 0. The summed E-state index contributed by atoms with van der Waals surface area (Å²) >= 11 is 0. The van der Waals surface area contributed by atoms with E-state index in [2.05, 4.69) is 15.6 Å². The summed E-state index contributed by atoms with van der Waals surface area (Å²) in [6.45, 7) is 4.49. The summed E-state index contributed by atoms with van der Waals surface area (Å²) in [5.74, 6) is 0. The second-order valence-corrected chi connectivity index (χ2v) is 4.77.